The maximum atomic E-state index is 10.3. The Labute approximate surface area is 258 Å². The summed E-state index contributed by atoms with van der Waals surface area (Å²) in [5, 5.41) is 85.9. The Balaban J connectivity index is -0.0000000568. The summed E-state index contributed by atoms with van der Waals surface area (Å²) in [7, 11) is 0. The topological polar surface area (TPSA) is 415 Å². The molecule has 0 aromatic carbocycles. The fourth-order valence-corrected chi connectivity index (χ4v) is 1.41. The van der Waals surface area contributed by atoms with Crippen molar-refractivity contribution in [2.24, 2.45) is 0 Å². The van der Waals surface area contributed by atoms with Crippen molar-refractivity contribution in [2.45, 2.75) is 50.7 Å². The van der Waals surface area contributed by atoms with Gasteiger partial charge in [0.15, 0.2) is 5.60 Å². The van der Waals surface area contributed by atoms with Gasteiger partial charge in [0.2, 0.25) is 0 Å². The van der Waals surface area contributed by atoms with Gasteiger partial charge in [0.05, 0.1) is 25.2 Å². The molecule has 0 aliphatic carbocycles. The van der Waals surface area contributed by atoms with E-state index in [1.807, 2.05) is 0 Å². The van der Waals surface area contributed by atoms with E-state index in [0.717, 1.165) is 13.8 Å². The third kappa shape index (κ3) is 40.8. The molecule has 20 nitrogen and oxygen atoms in total. The molecule has 0 aliphatic rings. The molecular formula is C16H28N2Na2O18. The fourth-order valence-electron chi connectivity index (χ4n) is 1.41. The zero-order valence-corrected chi connectivity index (χ0v) is 24.9. The van der Waals surface area contributed by atoms with Crippen molar-refractivity contribution in [1.82, 2.24) is 12.3 Å². The first kappa shape index (κ1) is 55.9. The van der Waals surface area contributed by atoms with Gasteiger partial charge in [-0.15, -0.1) is 0 Å². The van der Waals surface area contributed by atoms with Crippen LogP contribution in [-0.4, -0.2) is 99.8 Å². The van der Waals surface area contributed by atoms with Crippen LogP contribution in [0.1, 0.15) is 39.5 Å². The van der Waals surface area contributed by atoms with Gasteiger partial charge in [0.1, 0.15) is 5.60 Å². The van der Waals surface area contributed by atoms with Crippen LogP contribution in [0.15, 0.2) is 0 Å². The van der Waals surface area contributed by atoms with Crippen LogP contribution in [0.4, 0.5) is 0 Å². The van der Waals surface area contributed by atoms with Crippen LogP contribution in [0, 0.1) is 0 Å². The first-order chi connectivity index (χ1) is 15.0. The first-order valence-corrected chi connectivity index (χ1v) is 8.16. The van der Waals surface area contributed by atoms with E-state index in [-0.39, 0.29) is 71.4 Å². The molecule has 1 atom stereocenters. The van der Waals surface area contributed by atoms with E-state index >= 15 is 0 Å². The predicted octanol–water partition coefficient (Wildman–Crippen LogP) is -10.7. The van der Waals surface area contributed by atoms with Crippen molar-refractivity contribution in [2.75, 3.05) is 0 Å². The van der Waals surface area contributed by atoms with Crippen molar-refractivity contribution in [3.05, 3.63) is 0 Å². The average molecular weight is 582 g/mol. The minimum Gasteiger partial charge on any atom is -0.550 e. The van der Waals surface area contributed by atoms with Crippen LogP contribution in [0.5, 0.6) is 0 Å². The molecule has 0 saturated carbocycles. The number of carbonyl (C=O) groups excluding carboxylic acids is 2. The van der Waals surface area contributed by atoms with E-state index in [2.05, 4.69) is 0 Å². The molecule has 0 aliphatic heterocycles. The van der Waals surface area contributed by atoms with Gasteiger partial charge in [0.25, 0.3) is 11.9 Å². The second-order valence-corrected chi connectivity index (χ2v) is 5.95. The zero-order chi connectivity index (χ0) is 28.4. The van der Waals surface area contributed by atoms with Gasteiger partial charge in [-0.1, -0.05) is 0 Å². The number of carboxylic acid groups (broad SMARTS) is 8. The molecule has 0 aromatic heterocycles. The molecule has 1 unspecified atom stereocenters. The molecule has 0 saturated heterocycles. The predicted molar refractivity (Wildman–Crippen MR) is 106 cm³/mol. The van der Waals surface area contributed by atoms with Crippen molar-refractivity contribution >= 4 is 47.8 Å². The van der Waals surface area contributed by atoms with Crippen LogP contribution in [0.25, 0.3) is 0 Å². The molecule has 0 amide bonds. The van der Waals surface area contributed by atoms with E-state index in [9.17, 15) is 39.0 Å². The average Bonchev–Trinajstić information content (AvgIpc) is 2.50. The van der Waals surface area contributed by atoms with Gasteiger partial charge in [-0.25, -0.2) is 4.79 Å². The minimum atomic E-state index is -2.91. The van der Waals surface area contributed by atoms with E-state index in [4.69, 9.17) is 50.4 Å². The smallest absolute Gasteiger partial charge is 0.550 e. The van der Waals surface area contributed by atoms with Crippen LogP contribution < -0.4 is 81.6 Å². The second-order valence-electron chi connectivity index (χ2n) is 5.95. The Morgan fingerprint density at radius 1 is 0.553 bits per heavy atom. The SMILES string of the molecule is CC(=O)O.CC(=O)O.N.N.O=C(O)CC(O)(CC(=O)O)C(=O)O.O=C([O-])CC(O)(CC(=O)O)C(=O)[O-].[Na+].[Na+]. The van der Waals surface area contributed by atoms with Gasteiger partial charge in [0, 0.05) is 26.2 Å². The summed E-state index contributed by atoms with van der Waals surface area (Å²) in [6.07, 6.45) is -4.85. The monoisotopic (exact) mass is 582 g/mol. The number of aliphatic carboxylic acids is 8. The fraction of sp³-hybridized carbons (Fsp3) is 0.500. The van der Waals surface area contributed by atoms with Gasteiger partial charge in [-0.3, -0.25) is 24.0 Å². The molecular weight excluding hydrogens is 554 g/mol. The third-order valence-electron chi connectivity index (χ3n) is 2.55. The van der Waals surface area contributed by atoms with E-state index in [1.54, 1.807) is 0 Å². The van der Waals surface area contributed by atoms with Crippen LogP contribution >= 0.6 is 0 Å². The summed E-state index contributed by atoms with van der Waals surface area (Å²) in [6.45, 7) is 2.17. The second kappa shape index (κ2) is 27.6. The van der Waals surface area contributed by atoms with Gasteiger partial charge < -0.3 is 73.0 Å². The molecule has 0 aromatic rings. The molecule has 0 heterocycles. The first-order valence-electron chi connectivity index (χ1n) is 8.16. The largest absolute Gasteiger partial charge is 1.00 e. The molecule has 0 spiro atoms. The Hall–Kier alpha value is -2.40. The molecule has 212 valence electrons. The normalized spacial score (nSPS) is 10.0. The molecule has 0 fully saturated rings. The zero-order valence-electron chi connectivity index (χ0n) is 20.9. The number of hydrogen-bond donors (Lipinski definition) is 10. The quantitative estimate of drug-likeness (QED) is 0.107. The van der Waals surface area contributed by atoms with E-state index in [1.165, 1.54) is 0 Å². The standard InChI is InChI=1S/2C6H8O7.2C2H4O2.2H3N.2Na/c2*7-3(8)1-6(13,5(11)12)2-4(9)10;2*1-2(3)4;;;;/h2*13H,1-2H2,(H,7,8)(H,9,10)(H,11,12);2*1H3,(H,3,4);2*1H3;;/q;;;;;;2*+1/p-2. The maximum absolute atomic E-state index is 10.3. The number of aliphatic hydroxyl groups is 2. The van der Waals surface area contributed by atoms with Gasteiger partial charge in [-0.05, 0) is 0 Å². The van der Waals surface area contributed by atoms with E-state index < -0.39 is 84.6 Å². The van der Waals surface area contributed by atoms with Crippen molar-refractivity contribution < 1.29 is 149 Å². The molecule has 38 heavy (non-hydrogen) atoms. The van der Waals surface area contributed by atoms with Gasteiger partial charge >= 0.3 is 83.0 Å². The summed E-state index contributed by atoms with van der Waals surface area (Å²) in [4.78, 5) is 78.6. The molecule has 14 N–H and O–H groups in total. The Bertz CT molecular complexity index is 684. The number of rotatable bonds is 10. The molecule has 0 rings (SSSR count). The third-order valence-corrected chi connectivity index (χ3v) is 2.55. The Morgan fingerprint density at radius 2 is 0.763 bits per heavy atom. The van der Waals surface area contributed by atoms with Crippen LogP contribution in [0.2, 0.25) is 0 Å². The summed E-state index contributed by atoms with van der Waals surface area (Å²) in [6, 6.07) is 0. The van der Waals surface area contributed by atoms with Gasteiger partial charge in [-0.2, -0.15) is 0 Å². The Kier molecular flexibility index (Phi) is 40.7. The van der Waals surface area contributed by atoms with Crippen LogP contribution in [-0.2, 0) is 38.4 Å². The van der Waals surface area contributed by atoms with E-state index in [0.29, 0.717) is 0 Å². The van der Waals surface area contributed by atoms with Crippen molar-refractivity contribution in [3.8, 4) is 0 Å². The molecule has 0 bridgehead atoms. The van der Waals surface area contributed by atoms with Crippen molar-refractivity contribution in [1.29, 1.82) is 0 Å². The number of carboxylic acids is 8. The summed E-state index contributed by atoms with van der Waals surface area (Å²) < 4.78 is 0. The Morgan fingerprint density at radius 3 is 0.895 bits per heavy atom. The molecule has 0 radical (unpaired) electrons. The maximum Gasteiger partial charge on any atom is 1.00 e. The number of hydrogen-bond acceptors (Lipinski definition) is 14. The van der Waals surface area contributed by atoms with Crippen molar-refractivity contribution in [3.63, 3.8) is 0 Å². The number of carbonyl (C=O) groups is 8. The minimum absolute atomic E-state index is 0. The summed E-state index contributed by atoms with van der Waals surface area (Å²) >= 11 is 0. The molecule has 22 heteroatoms. The summed E-state index contributed by atoms with van der Waals surface area (Å²) in [5.41, 5.74) is -5.65. The summed E-state index contributed by atoms with van der Waals surface area (Å²) in [5.74, 6) is -12.4. The van der Waals surface area contributed by atoms with Crippen LogP contribution in [0.3, 0.4) is 0 Å².